The summed E-state index contributed by atoms with van der Waals surface area (Å²) in [5.74, 6) is -0.314. The average Bonchev–Trinajstić information content (AvgIpc) is 2.84. The highest BCUT2D eigenvalue weighted by Gasteiger charge is 2.12. The molecular formula is C28H27N3O3S. The van der Waals surface area contributed by atoms with Gasteiger partial charge in [0.2, 0.25) is 10.0 Å². The molecule has 0 aliphatic rings. The average molecular weight is 486 g/mol. The van der Waals surface area contributed by atoms with Crippen molar-refractivity contribution in [1.82, 2.24) is 5.32 Å². The van der Waals surface area contributed by atoms with Crippen LogP contribution in [-0.4, -0.2) is 20.6 Å². The van der Waals surface area contributed by atoms with E-state index in [1.165, 1.54) is 11.6 Å². The first-order valence-corrected chi connectivity index (χ1v) is 13.1. The van der Waals surface area contributed by atoms with Gasteiger partial charge < -0.3 is 10.6 Å². The molecule has 7 heteroatoms. The van der Waals surface area contributed by atoms with Crippen LogP contribution in [0.5, 0.6) is 0 Å². The third kappa shape index (κ3) is 7.27. The largest absolute Gasteiger partial charge is 0.322 e. The molecule has 0 spiro atoms. The molecule has 0 saturated heterocycles. The summed E-state index contributed by atoms with van der Waals surface area (Å²) in [5, 5.41) is 6.21. The SMILES string of the molecule is CS(=O)(=O)Nc1cc(CNCc2ccc(-c3ccccc3)cc2)cc(C(=O)Nc2ccccc2)c1. The maximum Gasteiger partial charge on any atom is 0.255 e. The number of sulfonamides is 1. The smallest absolute Gasteiger partial charge is 0.255 e. The second-order valence-corrected chi connectivity index (χ2v) is 10.0. The number of nitrogens with one attached hydrogen (secondary N) is 3. The highest BCUT2D eigenvalue weighted by atomic mass is 32.2. The fourth-order valence-electron chi connectivity index (χ4n) is 3.72. The minimum atomic E-state index is -3.49. The molecule has 178 valence electrons. The van der Waals surface area contributed by atoms with Gasteiger partial charge >= 0.3 is 0 Å². The maximum absolute atomic E-state index is 12.8. The Balaban J connectivity index is 1.45. The summed E-state index contributed by atoms with van der Waals surface area (Å²) in [6.07, 6.45) is 1.08. The number of rotatable bonds is 9. The van der Waals surface area contributed by atoms with Gasteiger partial charge in [0.1, 0.15) is 0 Å². The van der Waals surface area contributed by atoms with Crippen LogP contribution in [0.2, 0.25) is 0 Å². The topological polar surface area (TPSA) is 87.3 Å². The molecule has 35 heavy (non-hydrogen) atoms. The first-order valence-electron chi connectivity index (χ1n) is 11.2. The van der Waals surface area contributed by atoms with Crippen molar-refractivity contribution in [1.29, 1.82) is 0 Å². The third-order valence-electron chi connectivity index (χ3n) is 5.31. The number of hydrogen-bond acceptors (Lipinski definition) is 4. The predicted molar refractivity (Wildman–Crippen MR) is 142 cm³/mol. The van der Waals surface area contributed by atoms with Crippen LogP contribution in [0.15, 0.2) is 103 Å². The Morgan fingerprint density at radius 3 is 1.94 bits per heavy atom. The third-order valence-corrected chi connectivity index (χ3v) is 5.92. The highest BCUT2D eigenvalue weighted by molar-refractivity contribution is 7.92. The van der Waals surface area contributed by atoms with Crippen LogP contribution < -0.4 is 15.4 Å². The van der Waals surface area contributed by atoms with Gasteiger partial charge in [0.15, 0.2) is 0 Å². The van der Waals surface area contributed by atoms with Gasteiger partial charge in [-0.15, -0.1) is 0 Å². The number of para-hydroxylation sites is 1. The van der Waals surface area contributed by atoms with Crippen LogP contribution in [0.25, 0.3) is 11.1 Å². The molecule has 0 atom stereocenters. The summed E-state index contributed by atoms with van der Waals surface area (Å²) < 4.78 is 26.0. The lowest BCUT2D eigenvalue weighted by Crippen LogP contribution is -2.17. The van der Waals surface area contributed by atoms with E-state index in [-0.39, 0.29) is 5.91 Å². The van der Waals surface area contributed by atoms with E-state index in [0.717, 1.165) is 22.9 Å². The zero-order chi connectivity index (χ0) is 24.7. The second kappa shape index (κ2) is 11.0. The number of carbonyl (C=O) groups excluding carboxylic acids is 1. The lowest BCUT2D eigenvalue weighted by Gasteiger charge is -2.12. The van der Waals surface area contributed by atoms with E-state index in [1.807, 2.05) is 36.4 Å². The molecular weight excluding hydrogens is 458 g/mol. The van der Waals surface area contributed by atoms with Crippen molar-refractivity contribution >= 4 is 27.3 Å². The molecule has 1 amide bonds. The fraction of sp³-hybridized carbons (Fsp3) is 0.107. The van der Waals surface area contributed by atoms with Gasteiger partial charge in [0.05, 0.1) is 6.26 Å². The number of carbonyl (C=O) groups is 1. The van der Waals surface area contributed by atoms with Gasteiger partial charge in [-0.2, -0.15) is 0 Å². The van der Waals surface area contributed by atoms with Crippen LogP contribution in [0.1, 0.15) is 21.5 Å². The zero-order valence-corrected chi connectivity index (χ0v) is 20.2. The molecule has 0 aromatic heterocycles. The van der Waals surface area contributed by atoms with Crippen molar-refractivity contribution in [3.05, 3.63) is 120 Å². The first-order chi connectivity index (χ1) is 16.9. The van der Waals surface area contributed by atoms with Crippen molar-refractivity contribution < 1.29 is 13.2 Å². The van der Waals surface area contributed by atoms with Crippen LogP contribution >= 0.6 is 0 Å². The van der Waals surface area contributed by atoms with Gasteiger partial charge in [0, 0.05) is 30.0 Å². The van der Waals surface area contributed by atoms with Gasteiger partial charge in [0.25, 0.3) is 5.91 Å². The number of hydrogen-bond donors (Lipinski definition) is 3. The Labute approximate surface area is 206 Å². The highest BCUT2D eigenvalue weighted by Crippen LogP contribution is 2.20. The van der Waals surface area contributed by atoms with Gasteiger partial charge in [-0.05, 0) is 52.6 Å². The van der Waals surface area contributed by atoms with Crippen molar-refractivity contribution in [3.8, 4) is 11.1 Å². The Hall–Kier alpha value is -3.94. The molecule has 4 aromatic rings. The van der Waals surface area contributed by atoms with E-state index in [9.17, 15) is 13.2 Å². The lowest BCUT2D eigenvalue weighted by molar-refractivity contribution is 0.102. The normalized spacial score (nSPS) is 11.1. The molecule has 0 aliphatic carbocycles. The van der Waals surface area contributed by atoms with E-state index in [0.29, 0.717) is 30.0 Å². The van der Waals surface area contributed by atoms with E-state index in [4.69, 9.17) is 0 Å². The molecule has 4 aromatic carbocycles. The Kier molecular flexibility index (Phi) is 7.60. The molecule has 3 N–H and O–H groups in total. The van der Waals surface area contributed by atoms with Crippen LogP contribution in [0.3, 0.4) is 0 Å². The molecule has 6 nitrogen and oxygen atoms in total. The summed E-state index contributed by atoms with van der Waals surface area (Å²) in [5.41, 5.74) is 5.61. The number of anilines is 2. The van der Waals surface area contributed by atoms with E-state index >= 15 is 0 Å². The van der Waals surface area contributed by atoms with Gasteiger partial charge in [-0.1, -0.05) is 72.8 Å². The monoisotopic (exact) mass is 485 g/mol. The molecule has 0 bridgehead atoms. The second-order valence-electron chi connectivity index (χ2n) is 8.28. The molecule has 0 unspecified atom stereocenters. The van der Waals surface area contributed by atoms with Crippen LogP contribution in [-0.2, 0) is 23.1 Å². The van der Waals surface area contributed by atoms with E-state index in [1.54, 1.807) is 24.3 Å². The molecule has 0 radical (unpaired) electrons. The summed E-state index contributed by atoms with van der Waals surface area (Å²) in [6.45, 7) is 1.09. The minimum Gasteiger partial charge on any atom is -0.322 e. The standard InChI is InChI=1S/C28H27N3O3S/c1-35(33,34)31-27-17-22(16-25(18-27)28(32)30-26-10-6-3-7-11-26)20-29-19-21-12-14-24(15-13-21)23-8-4-2-5-9-23/h2-18,29,31H,19-20H2,1H3,(H,30,32). The molecule has 0 aliphatic heterocycles. The Morgan fingerprint density at radius 2 is 1.29 bits per heavy atom. The van der Waals surface area contributed by atoms with Crippen molar-refractivity contribution in [2.24, 2.45) is 0 Å². The number of amides is 1. The van der Waals surface area contributed by atoms with Crippen molar-refractivity contribution in [2.45, 2.75) is 13.1 Å². The minimum absolute atomic E-state index is 0.314. The number of benzene rings is 4. The molecule has 0 fully saturated rings. The van der Waals surface area contributed by atoms with Crippen molar-refractivity contribution in [3.63, 3.8) is 0 Å². The summed E-state index contributed by atoms with van der Waals surface area (Å²) in [6, 6.07) is 32.7. The Morgan fingerprint density at radius 1 is 0.686 bits per heavy atom. The fourth-order valence-corrected chi connectivity index (χ4v) is 4.27. The molecule has 0 saturated carbocycles. The van der Waals surface area contributed by atoms with Crippen LogP contribution in [0, 0.1) is 0 Å². The summed E-state index contributed by atoms with van der Waals surface area (Å²) in [7, 11) is -3.49. The maximum atomic E-state index is 12.8. The lowest BCUT2D eigenvalue weighted by atomic mass is 10.0. The summed E-state index contributed by atoms with van der Waals surface area (Å²) >= 11 is 0. The van der Waals surface area contributed by atoms with Gasteiger partial charge in [-0.25, -0.2) is 8.42 Å². The molecule has 4 rings (SSSR count). The van der Waals surface area contributed by atoms with E-state index in [2.05, 4.69) is 51.8 Å². The van der Waals surface area contributed by atoms with E-state index < -0.39 is 10.0 Å². The van der Waals surface area contributed by atoms with Crippen LogP contribution in [0.4, 0.5) is 11.4 Å². The van der Waals surface area contributed by atoms with Gasteiger partial charge in [-0.3, -0.25) is 9.52 Å². The zero-order valence-electron chi connectivity index (χ0n) is 19.4. The first kappa shape index (κ1) is 24.2. The molecule has 0 heterocycles. The Bertz CT molecular complexity index is 1390. The summed E-state index contributed by atoms with van der Waals surface area (Å²) in [4.78, 5) is 12.8. The van der Waals surface area contributed by atoms with Crippen molar-refractivity contribution in [2.75, 3.05) is 16.3 Å². The predicted octanol–water partition coefficient (Wildman–Crippen LogP) is 5.27. The quantitative estimate of drug-likeness (QED) is 0.302.